The van der Waals surface area contributed by atoms with Crippen LogP contribution in [0.1, 0.15) is 63.5 Å². The van der Waals surface area contributed by atoms with Crippen molar-refractivity contribution in [3.63, 3.8) is 0 Å². The minimum atomic E-state index is -0.0951. The Hall–Kier alpha value is -2.34. The number of rotatable bonds is 4. The van der Waals surface area contributed by atoms with Gasteiger partial charge in [0.15, 0.2) is 0 Å². The van der Waals surface area contributed by atoms with Crippen LogP contribution in [0.3, 0.4) is 0 Å². The van der Waals surface area contributed by atoms with Crippen molar-refractivity contribution in [2.24, 2.45) is 11.8 Å². The number of carbonyl (C=O) groups excluding carboxylic acids is 1. The minimum Gasteiger partial charge on any atom is -0.360 e. The van der Waals surface area contributed by atoms with Crippen LogP contribution in [0.15, 0.2) is 27.5 Å². The molecule has 32 heavy (non-hydrogen) atoms. The molecule has 2 aromatic heterocycles. The summed E-state index contributed by atoms with van der Waals surface area (Å²) < 4.78 is 7.17. The lowest BCUT2D eigenvalue weighted by Crippen LogP contribution is -2.41. The van der Waals surface area contributed by atoms with E-state index in [0.29, 0.717) is 34.3 Å². The average Bonchev–Trinajstić information content (AvgIpc) is 3.19. The summed E-state index contributed by atoms with van der Waals surface area (Å²) in [6.45, 7) is 2.33. The van der Waals surface area contributed by atoms with Crippen molar-refractivity contribution in [1.29, 1.82) is 0 Å². The molecule has 0 radical (unpaired) electrons. The van der Waals surface area contributed by atoms with Crippen LogP contribution in [0.5, 0.6) is 0 Å². The number of aryl methyl sites for hydroxylation is 1. The monoisotopic (exact) mass is 455 g/mol. The summed E-state index contributed by atoms with van der Waals surface area (Å²) in [4.78, 5) is 26.4. The van der Waals surface area contributed by atoms with Gasteiger partial charge in [-0.3, -0.25) is 9.59 Å². The van der Waals surface area contributed by atoms with Crippen molar-refractivity contribution in [3.05, 3.63) is 39.3 Å². The molecule has 1 amide bonds. The number of halogens is 1. The van der Waals surface area contributed by atoms with E-state index in [9.17, 15) is 9.59 Å². The van der Waals surface area contributed by atoms with E-state index < -0.39 is 0 Å². The molecule has 0 aliphatic heterocycles. The third-order valence-electron chi connectivity index (χ3n) is 7.39. The Labute approximate surface area is 192 Å². The molecule has 2 fully saturated rings. The maximum Gasteiger partial charge on any atom is 0.264 e. The summed E-state index contributed by atoms with van der Waals surface area (Å²) in [6, 6.07) is 5.93. The Morgan fingerprint density at radius 1 is 1.16 bits per heavy atom. The van der Waals surface area contributed by atoms with Gasteiger partial charge in [0.2, 0.25) is 5.91 Å². The Balaban J connectivity index is 1.42. The Morgan fingerprint density at radius 2 is 1.97 bits per heavy atom. The van der Waals surface area contributed by atoms with E-state index in [-0.39, 0.29) is 23.3 Å². The average molecular weight is 456 g/mol. The van der Waals surface area contributed by atoms with Gasteiger partial charge in [-0.2, -0.15) is 0 Å². The van der Waals surface area contributed by atoms with Gasteiger partial charge in [-0.15, -0.1) is 0 Å². The molecule has 170 valence electrons. The highest BCUT2D eigenvalue weighted by atomic mass is 35.5. The molecule has 0 bridgehead atoms. The molecule has 2 aliphatic rings. The zero-order valence-corrected chi connectivity index (χ0v) is 19.3. The maximum absolute atomic E-state index is 13.4. The zero-order chi connectivity index (χ0) is 22.2. The first-order chi connectivity index (χ1) is 15.5. The van der Waals surface area contributed by atoms with Crippen LogP contribution in [0, 0.1) is 18.8 Å². The molecule has 2 heterocycles. The topological polar surface area (TPSA) is 77.1 Å². The quantitative estimate of drug-likeness (QED) is 0.574. The van der Waals surface area contributed by atoms with Crippen LogP contribution in [0.4, 0.5) is 0 Å². The van der Waals surface area contributed by atoms with Gasteiger partial charge in [0.1, 0.15) is 16.7 Å². The summed E-state index contributed by atoms with van der Waals surface area (Å²) in [5, 5.41) is 9.23. The summed E-state index contributed by atoms with van der Waals surface area (Å²) in [6.07, 6.45) is 9.67. The molecule has 6 nitrogen and oxygen atoms in total. The van der Waals surface area contributed by atoms with Crippen molar-refractivity contribution in [2.75, 3.05) is 0 Å². The molecule has 2 atom stereocenters. The zero-order valence-electron chi connectivity index (χ0n) is 18.5. The maximum atomic E-state index is 13.4. The standard InChI is InChI=1S/C25H30ClN3O3/c1-15-21-23(28-32-15)22-19(26)11-6-12-20(22)29(25(21)31)14-16-7-5-8-17(13-16)24(30)27-18-9-3-2-4-10-18/h6,11-12,16-18H,2-5,7-10,13-14H2,1H3,(H,27,30). The van der Waals surface area contributed by atoms with E-state index in [1.54, 1.807) is 6.92 Å². The second-order valence-electron chi connectivity index (χ2n) is 9.59. The molecule has 5 rings (SSSR count). The number of hydrogen-bond donors (Lipinski definition) is 1. The fourth-order valence-corrected chi connectivity index (χ4v) is 5.97. The molecule has 7 heteroatoms. The predicted molar refractivity (Wildman–Crippen MR) is 126 cm³/mol. The number of nitrogens with one attached hydrogen (secondary N) is 1. The Morgan fingerprint density at radius 3 is 2.78 bits per heavy atom. The number of pyridine rings is 1. The number of fused-ring (bicyclic) bond motifs is 3. The SMILES string of the molecule is Cc1onc2c1c(=O)n(CC1CCCC(C(=O)NC3CCCCC3)C1)c1cccc(Cl)c21. The number of hydrogen-bond acceptors (Lipinski definition) is 4. The number of benzene rings is 1. The largest absolute Gasteiger partial charge is 0.360 e. The molecule has 0 spiro atoms. The van der Waals surface area contributed by atoms with Gasteiger partial charge < -0.3 is 14.4 Å². The lowest BCUT2D eigenvalue weighted by atomic mass is 9.80. The number of aromatic nitrogens is 2. The third kappa shape index (κ3) is 3.94. The van der Waals surface area contributed by atoms with Crippen LogP contribution in [0.25, 0.3) is 21.8 Å². The van der Waals surface area contributed by atoms with Crippen molar-refractivity contribution in [3.8, 4) is 0 Å². The summed E-state index contributed by atoms with van der Waals surface area (Å²) in [5.41, 5.74) is 1.21. The molecular weight excluding hydrogens is 426 g/mol. The van der Waals surface area contributed by atoms with Gasteiger partial charge in [0.05, 0.1) is 10.5 Å². The molecule has 0 saturated heterocycles. The highest BCUT2D eigenvalue weighted by Crippen LogP contribution is 2.34. The van der Waals surface area contributed by atoms with Gasteiger partial charge in [0, 0.05) is 23.9 Å². The molecular formula is C25H30ClN3O3. The molecule has 2 saturated carbocycles. The molecule has 2 aliphatic carbocycles. The van der Waals surface area contributed by atoms with Crippen LogP contribution in [-0.2, 0) is 11.3 Å². The van der Waals surface area contributed by atoms with Crippen LogP contribution in [-0.4, -0.2) is 21.7 Å². The van der Waals surface area contributed by atoms with E-state index >= 15 is 0 Å². The Bertz CT molecular complexity index is 1210. The number of amides is 1. The second kappa shape index (κ2) is 8.89. The third-order valence-corrected chi connectivity index (χ3v) is 7.70. The lowest BCUT2D eigenvalue weighted by Gasteiger charge is -2.31. The smallest absolute Gasteiger partial charge is 0.264 e. The first-order valence-electron chi connectivity index (χ1n) is 11.9. The minimum absolute atomic E-state index is 0.0299. The van der Waals surface area contributed by atoms with E-state index in [1.807, 2.05) is 22.8 Å². The number of nitrogens with zero attached hydrogens (tertiary/aromatic N) is 2. The number of carbonyl (C=O) groups is 1. The van der Waals surface area contributed by atoms with Gasteiger partial charge in [-0.25, -0.2) is 0 Å². The van der Waals surface area contributed by atoms with Gasteiger partial charge >= 0.3 is 0 Å². The fourth-order valence-electron chi connectivity index (χ4n) is 5.71. The second-order valence-corrected chi connectivity index (χ2v) is 9.99. The summed E-state index contributed by atoms with van der Waals surface area (Å²) in [5.74, 6) is 1.01. The highest BCUT2D eigenvalue weighted by molar-refractivity contribution is 6.37. The van der Waals surface area contributed by atoms with Gasteiger partial charge in [0.25, 0.3) is 5.56 Å². The van der Waals surface area contributed by atoms with Crippen LogP contribution >= 0.6 is 11.6 Å². The van der Waals surface area contributed by atoms with Crippen molar-refractivity contribution in [2.45, 2.75) is 77.3 Å². The van der Waals surface area contributed by atoms with E-state index in [4.69, 9.17) is 16.1 Å². The van der Waals surface area contributed by atoms with Gasteiger partial charge in [-0.05, 0) is 57.1 Å². The van der Waals surface area contributed by atoms with Crippen molar-refractivity contribution < 1.29 is 9.32 Å². The first-order valence-corrected chi connectivity index (χ1v) is 12.3. The molecule has 1 N–H and O–H groups in total. The summed E-state index contributed by atoms with van der Waals surface area (Å²) in [7, 11) is 0. The van der Waals surface area contributed by atoms with E-state index in [0.717, 1.165) is 49.4 Å². The Kier molecular flexibility index (Phi) is 5.97. The molecule has 3 aromatic rings. The predicted octanol–water partition coefficient (Wildman–Crippen LogP) is 5.36. The summed E-state index contributed by atoms with van der Waals surface area (Å²) >= 11 is 6.52. The van der Waals surface area contributed by atoms with Crippen molar-refractivity contribution in [1.82, 2.24) is 15.0 Å². The van der Waals surface area contributed by atoms with Crippen LogP contribution in [0.2, 0.25) is 5.02 Å². The molecule has 1 aromatic carbocycles. The fraction of sp³-hybridized carbons (Fsp3) is 0.560. The van der Waals surface area contributed by atoms with Gasteiger partial charge in [-0.1, -0.05) is 48.5 Å². The van der Waals surface area contributed by atoms with Crippen molar-refractivity contribution >= 4 is 39.3 Å². The molecule has 2 unspecified atom stereocenters. The van der Waals surface area contributed by atoms with E-state index in [2.05, 4.69) is 10.5 Å². The lowest BCUT2D eigenvalue weighted by molar-refractivity contribution is -0.127. The van der Waals surface area contributed by atoms with E-state index in [1.165, 1.54) is 19.3 Å². The highest BCUT2D eigenvalue weighted by Gasteiger charge is 2.30. The first kappa shape index (κ1) is 21.5. The van der Waals surface area contributed by atoms with Crippen LogP contribution < -0.4 is 10.9 Å². The normalized spacial score (nSPS) is 22.4.